The van der Waals surface area contributed by atoms with Crippen LogP contribution in [0.2, 0.25) is 0 Å². The van der Waals surface area contributed by atoms with E-state index in [1.165, 1.54) is 44.9 Å². The van der Waals surface area contributed by atoms with Crippen molar-refractivity contribution in [3.05, 3.63) is 34.9 Å². The molecule has 0 bridgehead atoms. The minimum absolute atomic E-state index is 0.319. The van der Waals surface area contributed by atoms with Gasteiger partial charge in [0.05, 0.1) is 0 Å². The minimum Gasteiger partial charge on any atom is -0.303 e. The van der Waals surface area contributed by atoms with E-state index < -0.39 is 0 Å². The molecule has 130 valence electrons. The average Bonchev–Trinajstić information content (AvgIpc) is 2.91. The molecule has 0 N–H and O–H groups in total. The summed E-state index contributed by atoms with van der Waals surface area (Å²) in [5, 5.41) is 0. The maximum Gasteiger partial charge on any atom is 0.120 e. The fourth-order valence-corrected chi connectivity index (χ4v) is 6.69. The molecule has 0 radical (unpaired) electrons. The third-order valence-corrected chi connectivity index (χ3v) is 8.37. The number of hydrogen-bond acceptors (Lipinski definition) is 1. The van der Waals surface area contributed by atoms with Gasteiger partial charge in [-0.25, -0.2) is 0 Å². The van der Waals surface area contributed by atoms with Crippen LogP contribution < -0.4 is 0 Å². The summed E-state index contributed by atoms with van der Waals surface area (Å²) in [6.45, 7) is 7.19. The molecule has 0 amide bonds. The van der Waals surface area contributed by atoms with Crippen molar-refractivity contribution < 1.29 is 4.79 Å². The van der Waals surface area contributed by atoms with E-state index in [1.807, 2.05) is 0 Å². The molecule has 2 saturated carbocycles. The van der Waals surface area contributed by atoms with E-state index in [2.05, 4.69) is 39.0 Å². The lowest BCUT2D eigenvalue weighted by atomic mass is 9.51. The molecule has 4 aliphatic rings. The van der Waals surface area contributed by atoms with Crippen LogP contribution in [0.4, 0.5) is 0 Å². The van der Waals surface area contributed by atoms with Crippen LogP contribution in [0, 0.1) is 28.6 Å². The van der Waals surface area contributed by atoms with Gasteiger partial charge in [-0.2, -0.15) is 0 Å². The van der Waals surface area contributed by atoms with Crippen molar-refractivity contribution in [2.45, 2.75) is 72.1 Å². The van der Waals surface area contributed by atoms with E-state index in [-0.39, 0.29) is 0 Å². The highest BCUT2D eigenvalue weighted by Gasteiger charge is 2.54. The van der Waals surface area contributed by atoms with Crippen LogP contribution in [0.25, 0.3) is 0 Å². The first-order chi connectivity index (χ1) is 11.5. The zero-order valence-electron chi connectivity index (χ0n) is 15.6. The van der Waals surface area contributed by atoms with E-state index in [0.717, 1.165) is 24.5 Å². The summed E-state index contributed by atoms with van der Waals surface area (Å²) in [6.07, 6.45) is 18.3. The van der Waals surface area contributed by atoms with E-state index in [1.54, 1.807) is 16.7 Å². The number of fused-ring (bicyclic) bond motifs is 5. The Bertz CT molecular complexity index is 636. The van der Waals surface area contributed by atoms with Gasteiger partial charge in [0.25, 0.3) is 0 Å². The average molecular weight is 325 g/mol. The third-order valence-electron chi connectivity index (χ3n) is 8.37. The molecular formula is C23H32O. The fourth-order valence-electron chi connectivity index (χ4n) is 6.69. The zero-order chi connectivity index (χ0) is 16.9. The number of hydrogen-bond donors (Lipinski definition) is 0. The maximum absolute atomic E-state index is 11.1. The summed E-state index contributed by atoms with van der Waals surface area (Å²) in [5.41, 5.74) is 5.77. The van der Waals surface area contributed by atoms with Gasteiger partial charge in [0.15, 0.2) is 0 Å². The summed E-state index contributed by atoms with van der Waals surface area (Å²) < 4.78 is 0. The smallest absolute Gasteiger partial charge is 0.120 e. The Morgan fingerprint density at radius 2 is 2.08 bits per heavy atom. The predicted molar refractivity (Wildman–Crippen MR) is 99.6 cm³/mol. The van der Waals surface area contributed by atoms with E-state index in [4.69, 9.17) is 0 Å². The van der Waals surface area contributed by atoms with E-state index in [9.17, 15) is 4.79 Å². The summed E-state index contributed by atoms with van der Waals surface area (Å²) in [7, 11) is 0. The van der Waals surface area contributed by atoms with Gasteiger partial charge in [-0.3, -0.25) is 0 Å². The number of rotatable bonds is 2. The molecule has 1 heteroatoms. The van der Waals surface area contributed by atoms with Gasteiger partial charge in [-0.05, 0) is 75.0 Å². The van der Waals surface area contributed by atoms with Crippen molar-refractivity contribution in [2.75, 3.05) is 0 Å². The second kappa shape index (κ2) is 5.71. The first-order valence-electron chi connectivity index (χ1n) is 10.0. The Morgan fingerprint density at radius 3 is 2.83 bits per heavy atom. The second-order valence-corrected chi connectivity index (χ2v) is 9.18. The molecule has 0 aromatic rings. The van der Waals surface area contributed by atoms with Crippen molar-refractivity contribution in [1.82, 2.24) is 0 Å². The van der Waals surface area contributed by atoms with Gasteiger partial charge in [0.2, 0.25) is 0 Å². The maximum atomic E-state index is 11.1. The molecule has 24 heavy (non-hydrogen) atoms. The van der Waals surface area contributed by atoms with Crippen LogP contribution in [-0.2, 0) is 4.79 Å². The van der Waals surface area contributed by atoms with E-state index >= 15 is 0 Å². The van der Waals surface area contributed by atoms with Crippen molar-refractivity contribution in [2.24, 2.45) is 28.6 Å². The molecule has 4 aliphatic carbocycles. The Labute approximate surface area is 147 Å². The standard InChI is InChI=1S/C23H32O/c1-4-16-9-12-23(3)18(15-16)5-7-19-20-8-6-17(11-14-24)22(20,2)13-10-21(19)23/h4-5,10,14,17,19-20H,6-9,11-13,15H2,1-3H3/t17-,19+,20+,22-,23+/m1/s1. The highest BCUT2D eigenvalue weighted by Crippen LogP contribution is 2.64. The fraction of sp³-hybridized carbons (Fsp3) is 0.696. The Kier molecular flexibility index (Phi) is 3.90. The monoisotopic (exact) mass is 324 g/mol. The number of carbonyl (C=O) groups excluding carboxylic acids is 1. The van der Waals surface area contributed by atoms with Crippen molar-refractivity contribution in [3.8, 4) is 0 Å². The van der Waals surface area contributed by atoms with Crippen LogP contribution in [0.15, 0.2) is 34.9 Å². The first-order valence-corrected chi connectivity index (χ1v) is 10.0. The van der Waals surface area contributed by atoms with Gasteiger partial charge in [-0.15, -0.1) is 0 Å². The molecule has 5 atom stereocenters. The number of aldehydes is 1. The lowest BCUT2D eigenvalue weighted by molar-refractivity contribution is -0.109. The van der Waals surface area contributed by atoms with E-state index in [0.29, 0.717) is 16.7 Å². The van der Waals surface area contributed by atoms with Gasteiger partial charge in [0.1, 0.15) is 6.29 Å². The quantitative estimate of drug-likeness (QED) is 0.448. The lowest BCUT2D eigenvalue weighted by Gasteiger charge is -2.53. The first kappa shape index (κ1) is 16.4. The molecule has 0 spiro atoms. The minimum atomic E-state index is 0.319. The molecule has 0 aliphatic heterocycles. The Hall–Kier alpha value is -1.11. The normalized spacial score (nSPS) is 45.8. The summed E-state index contributed by atoms with van der Waals surface area (Å²) in [4.78, 5) is 11.1. The molecule has 0 aromatic carbocycles. The largest absolute Gasteiger partial charge is 0.303 e. The van der Waals surface area contributed by atoms with Gasteiger partial charge >= 0.3 is 0 Å². The lowest BCUT2D eigenvalue weighted by Crippen LogP contribution is -2.43. The van der Waals surface area contributed by atoms with Gasteiger partial charge in [0, 0.05) is 11.8 Å². The molecule has 4 rings (SSSR count). The summed E-state index contributed by atoms with van der Waals surface area (Å²) in [5.74, 6) is 2.14. The highest BCUT2D eigenvalue weighted by molar-refractivity contribution is 5.50. The van der Waals surface area contributed by atoms with Crippen LogP contribution in [0.5, 0.6) is 0 Å². The molecular weight excluding hydrogens is 292 g/mol. The number of allylic oxidation sites excluding steroid dienone is 6. The molecule has 2 fully saturated rings. The van der Waals surface area contributed by atoms with Gasteiger partial charge < -0.3 is 4.79 Å². The predicted octanol–water partition coefficient (Wildman–Crippen LogP) is 6.02. The molecule has 0 unspecified atom stereocenters. The topological polar surface area (TPSA) is 17.1 Å². The van der Waals surface area contributed by atoms with Crippen molar-refractivity contribution >= 4 is 6.29 Å². The Balaban J connectivity index is 1.68. The summed E-state index contributed by atoms with van der Waals surface area (Å²) >= 11 is 0. The SMILES string of the molecule is CC=C1CC[C@@]2(C)C(=CC[C@@H]3C2=CC[C@]2(C)[C@@H](CC=O)CC[C@@H]32)C1. The molecule has 0 aromatic heterocycles. The number of carbonyl (C=O) groups is 1. The van der Waals surface area contributed by atoms with Crippen LogP contribution in [0.1, 0.15) is 72.1 Å². The molecule has 1 nitrogen and oxygen atoms in total. The van der Waals surface area contributed by atoms with Crippen LogP contribution >= 0.6 is 0 Å². The highest BCUT2D eigenvalue weighted by atomic mass is 16.1. The van der Waals surface area contributed by atoms with Crippen molar-refractivity contribution in [3.63, 3.8) is 0 Å². The third kappa shape index (κ3) is 2.16. The molecule has 0 heterocycles. The Morgan fingerprint density at radius 1 is 1.25 bits per heavy atom. The van der Waals surface area contributed by atoms with Crippen LogP contribution in [0.3, 0.4) is 0 Å². The van der Waals surface area contributed by atoms with Crippen molar-refractivity contribution in [1.29, 1.82) is 0 Å². The summed E-state index contributed by atoms with van der Waals surface area (Å²) in [6, 6.07) is 0. The molecule has 0 saturated heterocycles. The van der Waals surface area contributed by atoms with Crippen LogP contribution in [-0.4, -0.2) is 6.29 Å². The van der Waals surface area contributed by atoms with Gasteiger partial charge in [-0.1, -0.05) is 48.8 Å². The zero-order valence-corrected chi connectivity index (χ0v) is 15.6. The second-order valence-electron chi connectivity index (χ2n) is 9.18.